The number of anilines is 3. The monoisotopic (exact) mass is 506 g/mol. The Balaban J connectivity index is 1.51. The molecule has 0 radical (unpaired) electrons. The molecule has 7 heteroatoms. The van der Waals surface area contributed by atoms with Crippen LogP contribution in [0.25, 0.3) is 0 Å². The van der Waals surface area contributed by atoms with Crippen molar-refractivity contribution in [3.05, 3.63) is 88.4 Å². The highest BCUT2D eigenvalue weighted by Gasteiger charge is 2.20. The first-order valence-electron chi connectivity index (χ1n) is 11.1. The van der Waals surface area contributed by atoms with E-state index < -0.39 is 0 Å². The Morgan fingerprint density at radius 1 is 0.818 bits per heavy atom. The molecule has 0 saturated carbocycles. The Morgan fingerprint density at radius 3 is 2.27 bits per heavy atom. The number of benzene rings is 3. The summed E-state index contributed by atoms with van der Waals surface area (Å²) in [6.45, 7) is 2.30. The van der Waals surface area contributed by atoms with Crippen molar-refractivity contribution in [1.82, 2.24) is 5.32 Å². The Hall–Kier alpha value is -3.32. The summed E-state index contributed by atoms with van der Waals surface area (Å²) >= 11 is 3.40. The molecule has 33 heavy (non-hydrogen) atoms. The smallest absolute Gasteiger partial charge is 0.323 e. The third-order valence-corrected chi connectivity index (χ3v) is 6.07. The zero-order valence-electron chi connectivity index (χ0n) is 18.3. The zero-order chi connectivity index (χ0) is 23.0. The SMILES string of the molecule is O=C(Nc1cccc(Br)c1)Nc1ccc(N2CCCCC2)c(C(=O)NCc2ccccc2)c1. The molecule has 0 atom stereocenters. The number of amides is 3. The largest absolute Gasteiger partial charge is 0.371 e. The summed E-state index contributed by atoms with van der Waals surface area (Å²) in [7, 11) is 0. The number of piperidine rings is 1. The van der Waals surface area contributed by atoms with Crippen LogP contribution in [0.15, 0.2) is 77.3 Å². The number of urea groups is 1. The van der Waals surface area contributed by atoms with Gasteiger partial charge in [0.25, 0.3) is 5.91 Å². The van der Waals surface area contributed by atoms with Crippen LogP contribution in [0.4, 0.5) is 21.9 Å². The van der Waals surface area contributed by atoms with Gasteiger partial charge < -0.3 is 20.9 Å². The number of hydrogen-bond donors (Lipinski definition) is 3. The number of carbonyl (C=O) groups excluding carboxylic acids is 2. The van der Waals surface area contributed by atoms with Gasteiger partial charge >= 0.3 is 6.03 Å². The summed E-state index contributed by atoms with van der Waals surface area (Å²) < 4.78 is 0.878. The van der Waals surface area contributed by atoms with Gasteiger partial charge in [-0.25, -0.2) is 4.79 Å². The predicted octanol–water partition coefficient (Wildman–Crippen LogP) is 6.01. The number of nitrogens with zero attached hydrogens (tertiary/aromatic N) is 1. The van der Waals surface area contributed by atoms with Crippen LogP contribution < -0.4 is 20.9 Å². The van der Waals surface area contributed by atoms with E-state index in [4.69, 9.17) is 0 Å². The topological polar surface area (TPSA) is 73.5 Å². The molecule has 4 rings (SSSR count). The molecular weight excluding hydrogens is 480 g/mol. The third kappa shape index (κ3) is 6.35. The predicted molar refractivity (Wildman–Crippen MR) is 137 cm³/mol. The molecule has 0 spiro atoms. The lowest BCUT2D eigenvalue weighted by Gasteiger charge is -2.30. The highest BCUT2D eigenvalue weighted by molar-refractivity contribution is 9.10. The highest BCUT2D eigenvalue weighted by atomic mass is 79.9. The van der Waals surface area contributed by atoms with Crippen LogP contribution in [-0.2, 0) is 6.54 Å². The van der Waals surface area contributed by atoms with E-state index >= 15 is 0 Å². The van der Waals surface area contributed by atoms with Gasteiger partial charge in [-0.15, -0.1) is 0 Å². The van der Waals surface area contributed by atoms with E-state index in [1.165, 1.54) is 6.42 Å². The standard InChI is InChI=1S/C26H27BrN4O2/c27-20-10-7-11-21(16-20)29-26(33)30-22-12-13-24(31-14-5-2-6-15-31)23(17-22)25(32)28-18-19-8-3-1-4-9-19/h1,3-4,7-13,16-17H,2,5-6,14-15,18H2,(H,28,32)(H2,29,30,33). The first kappa shape index (κ1) is 22.9. The molecular formula is C26H27BrN4O2. The molecule has 3 N–H and O–H groups in total. The number of carbonyl (C=O) groups is 2. The summed E-state index contributed by atoms with van der Waals surface area (Å²) in [5.41, 5.74) is 3.74. The van der Waals surface area contributed by atoms with Crippen LogP contribution >= 0.6 is 15.9 Å². The van der Waals surface area contributed by atoms with Crippen LogP contribution in [0.5, 0.6) is 0 Å². The maximum Gasteiger partial charge on any atom is 0.323 e. The first-order chi connectivity index (χ1) is 16.1. The lowest BCUT2D eigenvalue weighted by Crippen LogP contribution is -2.33. The maximum atomic E-state index is 13.2. The van der Waals surface area contributed by atoms with Crippen LogP contribution in [0.3, 0.4) is 0 Å². The van der Waals surface area contributed by atoms with Crippen molar-refractivity contribution >= 4 is 44.9 Å². The van der Waals surface area contributed by atoms with Crippen molar-refractivity contribution in [2.24, 2.45) is 0 Å². The third-order valence-electron chi connectivity index (χ3n) is 5.57. The van der Waals surface area contributed by atoms with Gasteiger partial charge in [0.05, 0.1) is 5.56 Å². The molecule has 6 nitrogen and oxygen atoms in total. The van der Waals surface area contributed by atoms with Crippen molar-refractivity contribution in [3.63, 3.8) is 0 Å². The minimum absolute atomic E-state index is 0.157. The highest BCUT2D eigenvalue weighted by Crippen LogP contribution is 2.27. The number of nitrogens with one attached hydrogen (secondary N) is 3. The van der Waals surface area contributed by atoms with Crippen LogP contribution in [0, 0.1) is 0 Å². The summed E-state index contributed by atoms with van der Waals surface area (Å²) in [5, 5.41) is 8.68. The summed E-state index contributed by atoms with van der Waals surface area (Å²) in [5.74, 6) is -0.157. The molecule has 1 aliphatic rings. The number of rotatable bonds is 6. The van der Waals surface area contributed by atoms with E-state index in [2.05, 4.69) is 36.8 Å². The second-order valence-corrected chi connectivity index (χ2v) is 8.95. The Bertz CT molecular complexity index is 1110. The van der Waals surface area contributed by atoms with Crippen molar-refractivity contribution in [3.8, 4) is 0 Å². The van der Waals surface area contributed by atoms with Gasteiger partial charge in [0.15, 0.2) is 0 Å². The van der Waals surface area contributed by atoms with Crippen molar-refractivity contribution in [2.75, 3.05) is 28.6 Å². The molecule has 1 saturated heterocycles. The summed E-state index contributed by atoms with van der Waals surface area (Å²) in [6, 6.07) is 22.4. The number of halogens is 1. The van der Waals surface area contributed by atoms with Crippen LogP contribution in [-0.4, -0.2) is 25.0 Å². The molecule has 1 heterocycles. The van der Waals surface area contributed by atoms with Crippen molar-refractivity contribution < 1.29 is 9.59 Å². The second kappa shape index (κ2) is 11.0. The van der Waals surface area contributed by atoms with Gasteiger partial charge in [-0.05, 0) is 61.2 Å². The van der Waals surface area contributed by atoms with Gasteiger partial charge in [0, 0.05) is 41.2 Å². The van der Waals surface area contributed by atoms with Gasteiger partial charge in [0.1, 0.15) is 0 Å². The van der Waals surface area contributed by atoms with Crippen LogP contribution in [0.2, 0.25) is 0 Å². The fourth-order valence-electron chi connectivity index (χ4n) is 3.94. The van der Waals surface area contributed by atoms with E-state index in [0.29, 0.717) is 23.5 Å². The Kier molecular flexibility index (Phi) is 7.62. The molecule has 0 bridgehead atoms. The molecule has 1 fully saturated rings. The average Bonchev–Trinajstić information content (AvgIpc) is 2.83. The van der Waals surface area contributed by atoms with Crippen LogP contribution in [0.1, 0.15) is 35.2 Å². The molecule has 0 aromatic heterocycles. The van der Waals surface area contributed by atoms with Gasteiger partial charge in [-0.3, -0.25) is 4.79 Å². The molecule has 0 aliphatic carbocycles. The normalized spacial score (nSPS) is 13.3. The van der Waals surface area contributed by atoms with Crippen molar-refractivity contribution in [1.29, 1.82) is 0 Å². The molecule has 1 aliphatic heterocycles. The quantitative estimate of drug-likeness (QED) is 0.383. The molecule has 3 amide bonds. The van der Waals surface area contributed by atoms with E-state index in [1.54, 1.807) is 6.07 Å². The van der Waals surface area contributed by atoms with E-state index in [1.807, 2.05) is 66.7 Å². The fraction of sp³-hybridized carbons (Fsp3) is 0.231. The number of hydrogen-bond acceptors (Lipinski definition) is 3. The van der Waals surface area contributed by atoms with E-state index in [-0.39, 0.29) is 11.9 Å². The lowest BCUT2D eigenvalue weighted by molar-refractivity contribution is 0.0951. The first-order valence-corrected chi connectivity index (χ1v) is 11.9. The molecule has 3 aromatic rings. The minimum atomic E-state index is -0.366. The molecule has 170 valence electrons. The molecule has 3 aromatic carbocycles. The zero-order valence-corrected chi connectivity index (χ0v) is 19.9. The average molecular weight is 507 g/mol. The molecule has 0 unspecified atom stereocenters. The van der Waals surface area contributed by atoms with E-state index in [0.717, 1.165) is 41.7 Å². The van der Waals surface area contributed by atoms with Gasteiger partial charge in [0.2, 0.25) is 0 Å². The summed E-state index contributed by atoms with van der Waals surface area (Å²) in [4.78, 5) is 28.0. The second-order valence-electron chi connectivity index (χ2n) is 8.04. The van der Waals surface area contributed by atoms with Crippen molar-refractivity contribution in [2.45, 2.75) is 25.8 Å². The van der Waals surface area contributed by atoms with Gasteiger partial charge in [-0.2, -0.15) is 0 Å². The lowest BCUT2D eigenvalue weighted by atomic mass is 10.1. The van der Waals surface area contributed by atoms with Gasteiger partial charge in [-0.1, -0.05) is 52.3 Å². The van der Waals surface area contributed by atoms with E-state index in [9.17, 15) is 9.59 Å². The minimum Gasteiger partial charge on any atom is -0.371 e. The maximum absolute atomic E-state index is 13.2. The fourth-order valence-corrected chi connectivity index (χ4v) is 4.34. The Morgan fingerprint density at radius 2 is 1.55 bits per heavy atom. The summed E-state index contributed by atoms with van der Waals surface area (Å²) in [6.07, 6.45) is 3.43. The Labute approximate surface area is 202 Å².